The molecule has 0 atom stereocenters. The number of pyridine rings is 1. The van der Waals surface area contributed by atoms with Gasteiger partial charge in [0.15, 0.2) is 17.5 Å². The Bertz CT molecular complexity index is 1880. The first kappa shape index (κ1) is 25.2. The van der Waals surface area contributed by atoms with Crippen molar-refractivity contribution in [3.8, 4) is 67.5 Å². The molecule has 198 valence electrons. The minimum Gasteiger partial charge on any atom is -0.264 e. The summed E-state index contributed by atoms with van der Waals surface area (Å²) in [5, 5.41) is 0. The highest BCUT2D eigenvalue weighted by atomic mass is 15.0. The van der Waals surface area contributed by atoms with Gasteiger partial charge < -0.3 is 0 Å². The van der Waals surface area contributed by atoms with Crippen LogP contribution in [0.2, 0.25) is 0 Å². The Balaban J connectivity index is 1.18. The molecule has 4 heteroatoms. The zero-order valence-electron chi connectivity index (χ0n) is 22.8. The normalized spacial score (nSPS) is 10.9. The summed E-state index contributed by atoms with van der Waals surface area (Å²) < 4.78 is 0. The number of benzene rings is 5. The Hall–Kier alpha value is -5.74. The van der Waals surface area contributed by atoms with Gasteiger partial charge in [0.05, 0.1) is 0 Å². The van der Waals surface area contributed by atoms with E-state index in [1.807, 2.05) is 72.9 Å². The van der Waals surface area contributed by atoms with Crippen molar-refractivity contribution < 1.29 is 0 Å². The van der Waals surface area contributed by atoms with Crippen LogP contribution in [0, 0.1) is 0 Å². The van der Waals surface area contributed by atoms with Crippen LogP contribution in [0.4, 0.5) is 0 Å². The molecule has 7 aromatic rings. The standard InChI is InChI=1S/C38H26N4/c1-3-9-30(10-4-1)36-40-37(31-11-5-2-6-12-31)42-38(41-36)32-22-20-28(21-23-32)27-16-18-29(19-17-27)33-13-7-14-34(25-33)35-15-8-24-39-26-35/h1-26H. The lowest BCUT2D eigenvalue weighted by Crippen LogP contribution is -2.00. The van der Waals surface area contributed by atoms with Gasteiger partial charge in [0.25, 0.3) is 0 Å². The van der Waals surface area contributed by atoms with E-state index in [1.165, 1.54) is 11.1 Å². The topological polar surface area (TPSA) is 51.6 Å². The average Bonchev–Trinajstić information content (AvgIpc) is 3.09. The number of rotatable bonds is 6. The van der Waals surface area contributed by atoms with Gasteiger partial charge in [-0.2, -0.15) is 0 Å². The van der Waals surface area contributed by atoms with Crippen LogP contribution in [-0.2, 0) is 0 Å². The molecule has 0 aliphatic carbocycles. The number of hydrogen-bond donors (Lipinski definition) is 0. The van der Waals surface area contributed by atoms with E-state index < -0.39 is 0 Å². The third-order valence-corrected chi connectivity index (χ3v) is 7.25. The van der Waals surface area contributed by atoms with Crippen molar-refractivity contribution in [1.29, 1.82) is 0 Å². The van der Waals surface area contributed by atoms with Crippen molar-refractivity contribution >= 4 is 0 Å². The quantitative estimate of drug-likeness (QED) is 0.212. The van der Waals surface area contributed by atoms with Gasteiger partial charge in [-0.3, -0.25) is 4.98 Å². The maximum absolute atomic E-state index is 4.85. The Kier molecular flexibility index (Phi) is 6.85. The summed E-state index contributed by atoms with van der Waals surface area (Å²) in [6.07, 6.45) is 3.69. The molecule has 0 N–H and O–H groups in total. The minimum atomic E-state index is 0.651. The summed E-state index contributed by atoms with van der Waals surface area (Å²) in [5.74, 6) is 1.97. The van der Waals surface area contributed by atoms with Crippen LogP contribution in [0.3, 0.4) is 0 Å². The second kappa shape index (κ2) is 11.4. The van der Waals surface area contributed by atoms with E-state index in [0.717, 1.165) is 38.9 Å². The molecule has 0 aliphatic rings. The van der Waals surface area contributed by atoms with E-state index in [-0.39, 0.29) is 0 Å². The van der Waals surface area contributed by atoms with Gasteiger partial charge in [-0.15, -0.1) is 0 Å². The van der Waals surface area contributed by atoms with Crippen molar-refractivity contribution in [3.05, 3.63) is 158 Å². The van der Waals surface area contributed by atoms with Crippen molar-refractivity contribution in [1.82, 2.24) is 19.9 Å². The highest BCUT2D eigenvalue weighted by Crippen LogP contribution is 2.30. The molecule has 4 nitrogen and oxygen atoms in total. The van der Waals surface area contributed by atoms with Crippen LogP contribution in [0.25, 0.3) is 67.5 Å². The minimum absolute atomic E-state index is 0.651. The number of hydrogen-bond acceptors (Lipinski definition) is 4. The molecule has 0 saturated carbocycles. The molecule has 0 radical (unpaired) electrons. The fourth-order valence-corrected chi connectivity index (χ4v) is 5.02. The second-order valence-electron chi connectivity index (χ2n) is 10.0. The lowest BCUT2D eigenvalue weighted by Gasteiger charge is -2.10. The first-order valence-corrected chi connectivity index (χ1v) is 13.9. The first-order chi connectivity index (χ1) is 20.8. The SMILES string of the molecule is c1ccc(-c2nc(-c3ccccc3)nc(-c3ccc(-c4ccc(-c5cccc(-c6cccnc6)c5)cc4)cc3)n2)cc1. The lowest BCUT2D eigenvalue weighted by molar-refractivity contribution is 1.07. The van der Waals surface area contributed by atoms with Gasteiger partial charge in [-0.1, -0.05) is 133 Å². The number of nitrogens with zero attached hydrogens (tertiary/aromatic N) is 4. The van der Waals surface area contributed by atoms with Gasteiger partial charge in [0.1, 0.15) is 0 Å². The predicted octanol–water partition coefficient (Wildman–Crippen LogP) is 9.27. The average molecular weight is 539 g/mol. The first-order valence-electron chi connectivity index (χ1n) is 13.9. The fraction of sp³-hybridized carbons (Fsp3) is 0. The lowest BCUT2D eigenvalue weighted by atomic mass is 9.97. The number of aromatic nitrogens is 4. The molecule has 2 aromatic heterocycles. The van der Waals surface area contributed by atoms with Crippen molar-refractivity contribution in [2.24, 2.45) is 0 Å². The summed E-state index contributed by atoms with van der Waals surface area (Å²) in [4.78, 5) is 18.8. The molecule has 5 aromatic carbocycles. The van der Waals surface area contributed by atoms with Crippen LogP contribution in [0.1, 0.15) is 0 Å². The van der Waals surface area contributed by atoms with E-state index in [0.29, 0.717) is 17.5 Å². The summed E-state index contributed by atoms with van der Waals surface area (Å²) in [6, 6.07) is 49.8. The smallest absolute Gasteiger partial charge is 0.164 e. The molecule has 0 spiro atoms. The third kappa shape index (κ3) is 5.34. The molecule has 0 bridgehead atoms. The van der Waals surface area contributed by atoms with Crippen molar-refractivity contribution in [2.45, 2.75) is 0 Å². The van der Waals surface area contributed by atoms with Gasteiger partial charge in [0.2, 0.25) is 0 Å². The van der Waals surface area contributed by atoms with Crippen LogP contribution in [0.5, 0.6) is 0 Å². The Morgan fingerprint density at radius 2 is 0.667 bits per heavy atom. The van der Waals surface area contributed by atoms with Gasteiger partial charge in [-0.05, 0) is 39.9 Å². The van der Waals surface area contributed by atoms with Crippen LogP contribution >= 0.6 is 0 Å². The maximum atomic E-state index is 4.85. The zero-order chi connectivity index (χ0) is 28.1. The summed E-state index contributed by atoms with van der Waals surface area (Å²) in [6.45, 7) is 0. The Labute approximate surface area is 245 Å². The second-order valence-corrected chi connectivity index (χ2v) is 10.0. The van der Waals surface area contributed by atoms with Crippen LogP contribution in [-0.4, -0.2) is 19.9 Å². The molecule has 0 fully saturated rings. The van der Waals surface area contributed by atoms with E-state index >= 15 is 0 Å². The van der Waals surface area contributed by atoms with E-state index in [1.54, 1.807) is 6.20 Å². The highest BCUT2D eigenvalue weighted by molar-refractivity contribution is 5.76. The third-order valence-electron chi connectivity index (χ3n) is 7.25. The van der Waals surface area contributed by atoms with E-state index in [2.05, 4.69) is 83.8 Å². The van der Waals surface area contributed by atoms with Crippen molar-refractivity contribution in [2.75, 3.05) is 0 Å². The fourth-order valence-electron chi connectivity index (χ4n) is 5.02. The predicted molar refractivity (Wildman–Crippen MR) is 170 cm³/mol. The van der Waals surface area contributed by atoms with Gasteiger partial charge in [0, 0.05) is 34.6 Å². The summed E-state index contributed by atoms with van der Waals surface area (Å²) in [7, 11) is 0. The van der Waals surface area contributed by atoms with E-state index in [9.17, 15) is 0 Å². The van der Waals surface area contributed by atoms with Crippen LogP contribution in [0.15, 0.2) is 158 Å². The molecular formula is C38H26N4. The Morgan fingerprint density at radius 3 is 1.14 bits per heavy atom. The molecule has 0 amide bonds. The largest absolute Gasteiger partial charge is 0.264 e. The molecule has 42 heavy (non-hydrogen) atoms. The summed E-state index contributed by atoms with van der Waals surface area (Å²) >= 11 is 0. The monoisotopic (exact) mass is 538 g/mol. The Morgan fingerprint density at radius 1 is 0.286 bits per heavy atom. The van der Waals surface area contributed by atoms with E-state index in [4.69, 9.17) is 15.0 Å². The molecule has 7 rings (SSSR count). The molecule has 0 saturated heterocycles. The zero-order valence-corrected chi connectivity index (χ0v) is 22.8. The molecule has 2 heterocycles. The maximum Gasteiger partial charge on any atom is 0.164 e. The van der Waals surface area contributed by atoms with Crippen molar-refractivity contribution in [3.63, 3.8) is 0 Å². The molecular weight excluding hydrogens is 512 g/mol. The molecule has 0 unspecified atom stereocenters. The highest BCUT2D eigenvalue weighted by Gasteiger charge is 2.12. The van der Waals surface area contributed by atoms with Gasteiger partial charge >= 0.3 is 0 Å². The van der Waals surface area contributed by atoms with Gasteiger partial charge in [-0.25, -0.2) is 15.0 Å². The van der Waals surface area contributed by atoms with Crippen LogP contribution < -0.4 is 0 Å². The molecule has 0 aliphatic heterocycles. The summed E-state index contributed by atoms with van der Waals surface area (Å²) in [5.41, 5.74) is 9.77.